The zero-order chi connectivity index (χ0) is 18.4. The molecule has 0 aliphatic heterocycles. The molecule has 0 saturated heterocycles. The minimum atomic E-state index is -0.507. The molecule has 6 nitrogen and oxygen atoms in total. The number of amides is 1. The van der Waals surface area contributed by atoms with E-state index in [0.717, 1.165) is 5.56 Å². The summed E-state index contributed by atoms with van der Waals surface area (Å²) < 4.78 is 0. The van der Waals surface area contributed by atoms with Gasteiger partial charge in [0.1, 0.15) is 5.69 Å². The van der Waals surface area contributed by atoms with Crippen LogP contribution in [-0.4, -0.2) is 16.9 Å². The molecule has 2 N–H and O–H groups in total. The fourth-order valence-electron chi connectivity index (χ4n) is 2.66. The van der Waals surface area contributed by atoms with Crippen molar-refractivity contribution in [1.29, 1.82) is 0 Å². The van der Waals surface area contributed by atoms with Crippen molar-refractivity contribution in [2.24, 2.45) is 5.92 Å². The Bertz CT molecular complexity index is 732. The number of rotatable bonds is 7. The molecule has 0 spiro atoms. The first-order chi connectivity index (χ1) is 11.9. The van der Waals surface area contributed by atoms with Crippen molar-refractivity contribution in [2.75, 3.05) is 5.32 Å². The molecular weight excluding hydrogens is 318 g/mol. The summed E-state index contributed by atoms with van der Waals surface area (Å²) in [7, 11) is 0. The highest BCUT2D eigenvalue weighted by Gasteiger charge is 2.23. The number of nitro benzene ring substituents is 1. The maximum Gasteiger partial charge on any atom is 0.292 e. The standard InChI is InChI=1S/C19H23N3O3/c1-13(2)18(15-9-5-4-6-10-15)20-14(3)19(23)21-16-11-7-8-12-17(16)22(24)25/h4-14,18,20H,1-3H3,(H,21,23)/t14-,18+/m1/s1. The van der Waals surface area contributed by atoms with Gasteiger partial charge < -0.3 is 5.32 Å². The van der Waals surface area contributed by atoms with Gasteiger partial charge >= 0.3 is 0 Å². The van der Waals surface area contributed by atoms with Crippen molar-refractivity contribution < 1.29 is 9.72 Å². The normalized spacial score (nSPS) is 13.3. The van der Waals surface area contributed by atoms with Crippen molar-refractivity contribution in [1.82, 2.24) is 5.32 Å². The first kappa shape index (κ1) is 18.6. The van der Waals surface area contributed by atoms with Crippen LogP contribution in [0.2, 0.25) is 0 Å². The third-order valence-electron chi connectivity index (χ3n) is 4.01. The number of nitro groups is 1. The number of anilines is 1. The molecule has 1 amide bonds. The van der Waals surface area contributed by atoms with Crippen molar-refractivity contribution >= 4 is 17.3 Å². The van der Waals surface area contributed by atoms with Crippen molar-refractivity contribution in [3.63, 3.8) is 0 Å². The van der Waals surface area contributed by atoms with E-state index >= 15 is 0 Å². The second-order valence-corrected chi connectivity index (χ2v) is 6.28. The Labute approximate surface area is 147 Å². The maximum absolute atomic E-state index is 12.5. The molecule has 0 fully saturated rings. The Morgan fingerprint density at radius 2 is 1.60 bits per heavy atom. The summed E-state index contributed by atoms with van der Waals surface area (Å²) in [5, 5.41) is 17.0. The first-order valence-corrected chi connectivity index (χ1v) is 8.25. The van der Waals surface area contributed by atoms with Gasteiger partial charge in [-0.15, -0.1) is 0 Å². The lowest BCUT2D eigenvalue weighted by molar-refractivity contribution is -0.383. The van der Waals surface area contributed by atoms with Gasteiger partial charge in [-0.05, 0) is 24.5 Å². The molecule has 0 aromatic heterocycles. The zero-order valence-corrected chi connectivity index (χ0v) is 14.6. The highest BCUT2D eigenvalue weighted by atomic mass is 16.6. The second kappa shape index (κ2) is 8.39. The smallest absolute Gasteiger partial charge is 0.292 e. The predicted molar refractivity (Wildman–Crippen MR) is 98.3 cm³/mol. The average molecular weight is 341 g/mol. The van der Waals surface area contributed by atoms with Crippen LogP contribution in [0.3, 0.4) is 0 Å². The van der Waals surface area contributed by atoms with Crippen molar-refractivity contribution in [2.45, 2.75) is 32.9 Å². The van der Waals surface area contributed by atoms with Crippen LogP contribution >= 0.6 is 0 Å². The third-order valence-corrected chi connectivity index (χ3v) is 4.01. The lowest BCUT2D eigenvalue weighted by atomic mass is 9.95. The highest BCUT2D eigenvalue weighted by Crippen LogP contribution is 2.24. The number of hydrogen-bond acceptors (Lipinski definition) is 4. The molecule has 0 aliphatic rings. The van der Waals surface area contributed by atoms with E-state index in [4.69, 9.17) is 0 Å². The summed E-state index contributed by atoms with van der Waals surface area (Å²) in [6.45, 7) is 5.91. The van der Waals surface area contributed by atoms with E-state index in [1.165, 1.54) is 12.1 Å². The van der Waals surface area contributed by atoms with Gasteiger partial charge in [0.2, 0.25) is 5.91 Å². The largest absolute Gasteiger partial charge is 0.319 e. The summed E-state index contributed by atoms with van der Waals surface area (Å²) in [5.74, 6) is -0.0282. The van der Waals surface area contributed by atoms with Crippen LogP contribution in [0.1, 0.15) is 32.4 Å². The molecule has 0 saturated carbocycles. The van der Waals surface area contributed by atoms with E-state index in [1.54, 1.807) is 19.1 Å². The molecule has 2 aromatic carbocycles. The molecule has 0 heterocycles. The highest BCUT2D eigenvalue weighted by molar-refractivity contribution is 5.96. The van der Waals surface area contributed by atoms with E-state index < -0.39 is 11.0 Å². The van der Waals surface area contributed by atoms with Gasteiger partial charge in [0.25, 0.3) is 5.69 Å². The minimum absolute atomic E-state index is 0.00714. The van der Waals surface area contributed by atoms with Crippen LogP contribution in [0.5, 0.6) is 0 Å². The van der Waals surface area contributed by atoms with Crippen LogP contribution in [-0.2, 0) is 4.79 Å². The molecule has 0 aliphatic carbocycles. The fourth-order valence-corrected chi connectivity index (χ4v) is 2.66. The van der Waals surface area contributed by atoms with Crippen LogP contribution < -0.4 is 10.6 Å². The zero-order valence-electron chi connectivity index (χ0n) is 14.6. The number of para-hydroxylation sites is 2. The summed E-state index contributed by atoms with van der Waals surface area (Å²) in [6.07, 6.45) is 0. The number of carbonyl (C=O) groups excluding carboxylic acids is 1. The molecule has 132 valence electrons. The summed E-state index contributed by atoms with van der Waals surface area (Å²) in [5.41, 5.74) is 1.18. The van der Waals surface area contributed by atoms with Gasteiger partial charge in [-0.25, -0.2) is 0 Å². The van der Waals surface area contributed by atoms with Gasteiger partial charge in [0.05, 0.1) is 11.0 Å². The quantitative estimate of drug-likeness (QED) is 0.591. The molecule has 2 rings (SSSR count). The third kappa shape index (κ3) is 4.87. The Kier molecular flexibility index (Phi) is 6.25. The Balaban J connectivity index is 2.10. The topological polar surface area (TPSA) is 84.3 Å². The number of benzene rings is 2. The fraction of sp³-hybridized carbons (Fsp3) is 0.316. The average Bonchev–Trinajstić information content (AvgIpc) is 2.60. The van der Waals surface area contributed by atoms with Crippen LogP contribution in [0.4, 0.5) is 11.4 Å². The van der Waals surface area contributed by atoms with E-state index in [2.05, 4.69) is 24.5 Å². The number of nitrogens with zero attached hydrogens (tertiary/aromatic N) is 1. The van der Waals surface area contributed by atoms with Crippen LogP contribution in [0.25, 0.3) is 0 Å². The summed E-state index contributed by atoms with van der Waals surface area (Å²) >= 11 is 0. The maximum atomic E-state index is 12.5. The van der Waals surface area contributed by atoms with Crippen molar-refractivity contribution in [3.05, 3.63) is 70.3 Å². The molecule has 0 radical (unpaired) electrons. The van der Waals surface area contributed by atoms with Crippen molar-refractivity contribution in [3.8, 4) is 0 Å². The van der Waals surface area contributed by atoms with E-state index in [-0.39, 0.29) is 29.2 Å². The molecule has 0 bridgehead atoms. The van der Waals surface area contributed by atoms with E-state index in [9.17, 15) is 14.9 Å². The molecule has 2 aromatic rings. The van der Waals surface area contributed by atoms with Crippen LogP contribution in [0.15, 0.2) is 54.6 Å². The summed E-state index contributed by atoms with van der Waals surface area (Å²) in [6, 6.07) is 15.5. The van der Waals surface area contributed by atoms with Gasteiger partial charge in [0.15, 0.2) is 0 Å². The molecule has 6 heteroatoms. The Morgan fingerprint density at radius 1 is 1.00 bits per heavy atom. The number of nitrogens with one attached hydrogen (secondary N) is 2. The van der Waals surface area contributed by atoms with E-state index in [0.29, 0.717) is 0 Å². The lowest BCUT2D eigenvalue weighted by Gasteiger charge is -2.26. The Morgan fingerprint density at radius 3 is 2.20 bits per heavy atom. The summed E-state index contributed by atoms with van der Waals surface area (Å²) in [4.78, 5) is 23.0. The first-order valence-electron chi connectivity index (χ1n) is 8.25. The molecule has 25 heavy (non-hydrogen) atoms. The molecular formula is C19H23N3O3. The number of carbonyl (C=O) groups is 1. The van der Waals surface area contributed by atoms with Gasteiger partial charge in [-0.2, -0.15) is 0 Å². The van der Waals surface area contributed by atoms with Gasteiger partial charge in [0, 0.05) is 12.1 Å². The second-order valence-electron chi connectivity index (χ2n) is 6.28. The monoisotopic (exact) mass is 341 g/mol. The number of hydrogen-bond donors (Lipinski definition) is 2. The molecule has 2 atom stereocenters. The van der Waals surface area contributed by atoms with Gasteiger partial charge in [-0.3, -0.25) is 20.2 Å². The predicted octanol–water partition coefficient (Wildman–Crippen LogP) is 3.91. The minimum Gasteiger partial charge on any atom is -0.319 e. The SMILES string of the molecule is CC(C)[C@H](N[C@H](C)C(=O)Nc1ccccc1[N+](=O)[O-])c1ccccc1. The van der Waals surface area contributed by atoms with Crippen LogP contribution in [0, 0.1) is 16.0 Å². The van der Waals surface area contributed by atoms with E-state index in [1.807, 2.05) is 30.3 Å². The lowest BCUT2D eigenvalue weighted by Crippen LogP contribution is -2.41. The van der Waals surface area contributed by atoms with Gasteiger partial charge in [-0.1, -0.05) is 56.3 Å². The molecule has 0 unspecified atom stereocenters. The Hall–Kier alpha value is -2.73.